The number of anilines is 1. The number of hydrogen-bond donors (Lipinski definition) is 1. The first-order valence-corrected chi connectivity index (χ1v) is 3.78. The zero-order valence-electron chi connectivity index (χ0n) is 7.39. The minimum absolute atomic E-state index is 0.0159. The molecule has 0 fully saturated rings. The highest BCUT2D eigenvalue weighted by atomic mass is 19.3. The van der Waals surface area contributed by atoms with E-state index < -0.39 is 19.1 Å². The number of rotatable bonds is 3. The number of aromatic nitrogens is 2. The van der Waals surface area contributed by atoms with Gasteiger partial charge in [0.1, 0.15) is 0 Å². The summed E-state index contributed by atoms with van der Waals surface area (Å²) in [6, 6.07) is 0. The van der Waals surface area contributed by atoms with Gasteiger partial charge in [0, 0.05) is 19.4 Å². The molecule has 0 aromatic carbocycles. The van der Waals surface area contributed by atoms with Crippen molar-refractivity contribution in [2.45, 2.75) is 13.0 Å². The molecule has 0 radical (unpaired) electrons. The summed E-state index contributed by atoms with van der Waals surface area (Å²) in [7, 11) is 1.24. The number of alkyl halides is 2. The number of halogens is 2. The van der Waals surface area contributed by atoms with Crippen LogP contribution in [0.25, 0.3) is 0 Å². The van der Waals surface area contributed by atoms with Crippen LogP contribution in [0.1, 0.15) is 0 Å². The quantitative estimate of drug-likeness (QED) is 0.808. The summed E-state index contributed by atoms with van der Waals surface area (Å²) in [6.07, 6.45) is -1.20. The molecule has 1 heterocycles. The summed E-state index contributed by atoms with van der Waals surface area (Å²) in [5.74, 6) is -0.0159. The standard InChI is InChI=1S/C7H9F2N3O2/c1-11(7(13)14)6-10-2-3-12(6)4-5(8)9/h2-3,5H,4H2,1H3,(H,13,14). The van der Waals surface area contributed by atoms with Gasteiger partial charge in [0.25, 0.3) is 6.43 Å². The predicted molar refractivity (Wildman–Crippen MR) is 44.7 cm³/mol. The largest absolute Gasteiger partial charge is 0.465 e. The van der Waals surface area contributed by atoms with Crippen molar-refractivity contribution in [3.05, 3.63) is 12.4 Å². The number of nitrogens with zero attached hydrogens (tertiary/aromatic N) is 3. The van der Waals surface area contributed by atoms with Gasteiger partial charge in [0.05, 0.1) is 6.54 Å². The maximum absolute atomic E-state index is 12.0. The third kappa shape index (κ3) is 2.18. The van der Waals surface area contributed by atoms with Gasteiger partial charge in [-0.1, -0.05) is 0 Å². The summed E-state index contributed by atoms with van der Waals surface area (Å²) in [5, 5.41) is 8.60. The monoisotopic (exact) mass is 205 g/mol. The zero-order valence-corrected chi connectivity index (χ0v) is 7.39. The highest BCUT2D eigenvalue weighted by Gasteiger charge is 2.16. The molecule has 7 heteroatoms. The Morgan fingerprint density at radius 2 is 2.43 bits per heavy atom. The molecule has 0 saturated carbocycles. The minimum atomic E-state index is -2.54. The van der Waals surface area contributed by atoms with Gasteiger partial charge in [0.2, 0.25) is 5.95 Å². The van der Waals surface area contributed by atoms with E-state index in [0.717, 1.165) is 9.47 Å². The molecule has 78 valence electrons. The molecule has 0 aliphatic heterocycles. The van der Waals surface area contributed by atoms with E-state index in [2.05, 4.69) is 4.98 Å². The Labute approximate surface area is 78.6 Å². The van der Waals surface area contributed by atoms with Crippen molar-refractivity contribution < 1.29 is 18.7 Å². The van der Waals surface area contributed by atoms with Crippen LogP contribution in [-0.2, 0) is 6.54 Å². The second-order valence-corrected chi connectivity index (χ2v) is 2.61. The molecular formula is C7H9F2N3O2. The van der Waals surface area contributed by atoms with Crippen LogP contribution >= 0.6 is 0 Å². The topological polar surface area (TPSA) is 58.4 Å². The third-order valence-corrected chi connectivity index (χ3v) is 1.62. The second kappa shape index (κ2) is 4.03. The van der Waals surface area contributed by atoms with Crippen molar-refractivity contribution in [1.29, 1.82) is 0 Å². The number of carbonyl (C=O) groups is 1. The fraction of sp³-hybridized carbons (Fsp3) is 0.429. The van der Waals surface area contributed by atoms with Crippen molar-refractivity contribution in [3.63, 3.8) is 0 Å². The highest BCUT2D eigenvalue weighted by molar-refractivity contribution is 5.82. The van der Waals surface area contributed by atoms with Crippen LogP contribution in [0.15, 0.2) is 12.4 Å². The first-order valence-electron chi connectivity index (χ1n) is 3.78. The number of amides is 1. The lowest BCUT2D eigenvalue weighted by molar-refractivity contribution is 0.126. The molecule has 1 amide bonds. The molecule has 0 bridgehead atoms. The molecular weight excluding hydrogens is 196 g/mol. The molecule has 5 nitrogen and oxygen atoms in total. The Balaban J connectivity index is 2.86. The van der Waals surface area contributed by atoms with Gasteiger partial charge in [-0.25, -0.2) is 18.6 Å². The van der Waals surface area contributed by atoms with Crippen LogP contribution in [0, 0.1) is 0 Å². The summed E-state index contributed by atoms with van der Waals surface area (Å²) in [5.41, 5.74) is 0. The van der Waals surface area contributed by atoms with E-state index in [0.29, 0.717) is 0 Å². The van der Waals surface area contributed by atoms with E-state index in [1.165, 1.54) is 19.4 Å². The fourth-order valence-corrected chi connectivity index (χ4v) is 0.977. The number of imidazole rings is 1. The van der Waals surface area contributed by atoms with Gasteiger partial charge < -0.3 is 9.67 Å². The van der Waals surface area contributed by atoms with E-state index in [9.17, 15) is 13.6 Å². The van der Waals surface area contributed by atoms with Crippen molar-refractivity contribution in [2.24, 2.45) is 0 Å². The number of carboxylic acid groups (broad SMARTS) is 1. The van der Waals surface area contributed by atoms with Gasteiger partial charge >= 0.3 is 6.09 Å². The Morgan fingerprint density at radius 3 is 2.93 bits per heavy atom. The Hall–Kier alpha value is -1.66. The van der Waals surface area contributed by atoms with Gasteiger partial charge in [-0.15, -0.1) is 0 Å². The van der Waals surface area contributed by atoms with Crippen molar-refractivity contribution >= 4 is 12.0 Å². The van der Waals surface area contributed by atoms with E-state index in [1.54, 1.807) is 0 Å². The predicted octanol–water partition coefficient (Wildman–Crippen LogP) is 1.26. The molecule has 0 atom stereocenters. The van der Waals surface area contributed by atoms with Crippen LogP contribution in [0.5, 0.6) is 0 Å². The SMILES string of the molecule is CN(C(=O)O)c1nccn1CC(F)F. The maximum atomic E-state index is 12.0. The molecule has 1 N–H and O–H groups in total. The molecule has 0 spiro atoms. The van der Waals surface area contributed by atoms with Crippen LogP contribution in [0.3, 0.4) is 0 Å². The molecule has 14 heavy (non-hydrogen) atoms. The Morgan fingerprint density at radius 1 is 1.79 bits per heavy atom. The van der Waals surface area contributed by atoms with Crippen LogP contribution < -0.4 is 4.90 Å². The smallest absolute Gasteiger partial charge is 0.413 e. The van der Waals surface area contributed by atoms with E-state index in [-0.39, 0.29) is 5.95 Å². The molecule has 0 aliphatic rings. The number of hydrogen-bond acceptors (Lipinski definition) is 2. The van der Waals surface area contributed by atoms with Crippen molar-refractivity contribution in [2.75, 3.05) is 11.9 Å². The average molecular weight is 205 g/mol. The third-order valence-electron chi connectivity index (χ3n) is 1.62. The van der Waals surface area contributed by atoms with Crippen LogP contribution in [-0.4, -0.2) is 34.2 Å². The molecule has 1 rings (SSSR count). The van der Waals surface area contributed by atoms with Crippen LogP contribution in [0.4, 0.5) is 19.5 Å². The minimum Gasteiger partial charge on any atom is -0.465 e. The molecule has 1 aromatic heterocycles. The molecule has 0 unspecified atom stereocenters. The van der Waals surface area contributed by atoms with E-state index in [4.69, 9.17) is 5.11 Å². The Kier molecular flexibility index (Phi) is 3.00. The van der Waals surface area contributed by atoms with Gasteiger partial charge in [-0.05, 0) is 0 Å². The van der Waals surface area contributed by atoms with Crippen LogP contribution in [0.2, 0.25) is 0 Å². The summed E-state index contributed by atoms with van der Waals surface area (Å²) < 4.78 is 25.1. The van der Waals surface area contributed by atoms with Gasteiger partial charge in [-0.2, -0.15) is 0 Å². The summed E-state index contributed by atoms with van der Waals surface area (Å²) >= 11 is 0. The van der Waals surface area contributed by atoms with E-state index in [1.807, 2.05) is 0 Å². The summed E-state index contributed by atoms with van der Waals surface area (Å²) in [6.45, 7) is -0.563. The fourth-order valence-electron chi connectivity index (χ4n) is 0.977. The lowest BCUT2D eigenvalue weighted by atomic mass is 10.6. The molecule has 1 aromatic rings. The van der Waals surface area contributed by atoms with Gasteiger partial charge in [0.15, 0.2) is 0 Å². The lowest BCUT2D eigenvalue weighted by Gasteiger charge is -2.13. The molecule has 0 aliphatic carbocycles. The molecule has 0 saturated heterocycles. The van der Waals surface area contributed by atoms with Crippen molar-refractivity contribution in [1.82, 2.24) is 9.55 Å². The highest BCUT2D eigenvalue weighted by Crippen LogP contribution is 2.11. The van der Waals surface area contributed by atoms with Crippen molar-refractivity contribution in [3.8, 4) is 0 Å². The van der Waals surface area contributed by atoms with E-state index >= 15 is 0 Å². The average Bonchev–Trinajstić information content (AvgIpc) is 2.49. The van der Waals surface area contributed by atoms with Gasteiger partial charge in [-0.3, -0.25) is 4.90 Å². The zero-order chi connectivity index (χ0) is 10.7. The second-order valence-electron chi connectivity index (χ2n) is 2.61. The Bertz CT molecular complexity index is 326. The maximum Gasteiger partial charge on any atom is 0.413 e. The normalized spacial score (nSPS) is 10.6. The lowest BCUT2D eigenvalue weighted by Crippen LogP contribution is -2.27. The first kappa shape index (κ1) is 10.4. The summed E-state index contributed by atoms with van der Waals surface area (Å²) in [4.78, 5) is 15.0. The first-order chi connectivity index (χ1) is 6.52.